The largest absolute Gasteiger partial charge is 0.465 e. The third-order valence-corrected chi connectivity index (χ3v) is 2.76. The fourth-order valence-corrected chi connectivity index (χ4v) is 1.60. The first-order chi connectivity index (χ1) is 9.66. The van der Waals surface area contributed by atoms with E-state index in [1.807, 2.05) is 13.8 Å². The lowest BCUT2D eigenvalue weighted by Gasteiger charge is -2.07. The molecule has 0 aliphatic rings. The minimum absolute atomic E-state index is 0.130. The summed E-state index contributed by atoms with van der Waals surface area (Å²) in [5, 5.41) is 0. The summed E-state index contributed by atoms with van der Waals surface area (Å²) in [5.74, 6) is 0.263. The Balaban J connectivity index is 3.11. The number of esters is 1. The lowest BCUT2D eigenvalue weighted by atomic mass is 10.2. The van der Waals surface area contributed by atoms with E-state index in [1.165, 1.54) is 19.3 Å². The van der Waals surface area contributed by atoms with E-state index in [1.54, 1.807) is 0 Å². The highest BCUT2D eigenvalue weighted by molar-refractivity contribution is 5.69. The van der Waals surface area contributed by atoms with E-state index in [4.69, 9.17) is 14.2 Å². The van der Waals surface area contributed by atoms with Crippen LogP contribution in [-0.4, -0.2) is 39.0 Å². The van der Waals surface area contributed by atoms with Crippen LogP contribution in [0.3, 0.4) is 0 Å². The first-order valence-corrected chi connectivity index (χ1v) is 7.98. The molecule has 120 valence electrons. The number of hydrogen-bond acceptors (Lipinski definition) is 4. The molecule has 0 fully saturated rings. The standard InChI is InChI=1S/C16H32O4/c1-4-5-6-7-10-18-12-13-19-11-8-9-16(17)20-14-15(2)3/h15H,4-14H2,1-3H3. The van der Waals surface area contributed by atoms with Gasteiger partial charge in [-0.25, -0.2) is 0 Å². The van der Waals surface area contributed by atoms with E-state index >= 15 is 0 Å². The van der Waals surface area contributed by atoms with Crippen molar-refractivity contribution < 1.29 is 19.0 Å². The molecule has 0 aliphatic carbocycles. The van der Waals surface area contributed by atoms with Gasteiger partial charge in [-0.3, -0.25) is 4.79 Å². The number of carbonyl (C=O) groups is 1. The van der Waals surface area contributed by atoms with Crippen LogP contribution < -0.4 is 0 Å². The van der Waals surface area contributed by atoms with Crippen molar-refractivity contribution in [3.05, 3.63) is 0 Å². The van der Waals surface area contributed by atoms with Crippen LogP contribution in [0.25, 0.3) is 0 Å². The van der Waals surface area contributed by atoms with E-state index in [-0.39, 0.29) is 5.97 Å². The average Bonchev–Trinajstić information content (AvgIpc) is 2.42. The number of rotatable bonds is 14. The normalized spacial score (nSPS) is 11.0. The van der Waals surface area contributed by atoms with Crippen molar-refractivity contribution in [2.24, 2.45) is 5.92 Å². The van der Waals surface area contributed by atoms with Crippen molar-refractivity contribution in [1.29, 1.82) is 0 Å². The van der Waals surface area contributed by atoms with Gasteiger partial charge in [0.25, 0.3) is 0 Å². The fraction of sp³-hybridized carbons (Fsp3) is 0.938. The van der Waals surface area contributed by atoms with Crippen molar-refractivity contribution in [2.45, 2.75) is 59.3 Å². The molecule has 0 saturated heterocycles. The molecule has 0 aromatic rings. The zero-order valence-corrected chi connectivity index (χ0v) is 13.5. The van der Waals surface area contributed by atoms with E-state index < -0.39 is 0 Å². The molecule has 0 saturated carbocycles. The molecular weight excluding hydrogens is 256 g/mol. The molecular formula is C16H32O4. The number of carbonyl (C=O) groups excluding carboxylic acids is 1. The number of ether oxygens (including phenoxy) is 3. The number of unbranched alkanes of at least 4 members (excludes halogenated alkanes) is 3. The smallest absolute Gasteiger partial charge is 0.305 e. The molecule has 0 radical (unpaired) electrons. The Morgan fingerprint density at radius 1 is 0.900 bits per heavy atom. The third-order valence-electron chi connectivity index (χ3n) is 2.76. The molecule has 4 heteroatoms. The monoisotopic (exact) mass is 288 g/mol. The van der Waals surface area contributed by atoms with Gasteiger partial charge in [0.1, 0.15) is 0 Å². The summed E-state index contributed by atoms with van der Waals surface area (Å²) in [7, 11) is 0. The Bertz CT molecular complexity index is 217. The van der Waals surface area contributed by atoms with Gasteiger partial charge in [-0.05, 0) is 18.8 Å². The molecule has 0 rings (SSSR count). The van der Waals surface area contributed by atoms with Crippen LogP contribution in [0.4, 0.5) is 0 Å². The van der Waals surface area contributed by atoms with Gasteiger partial charge in [0.05, 0.1) is 19.8 Å². The molecule has 0 aromatic carbocycles. The second-order valence-corrected chi connectivity index (χ2v) is 5.47. The summed E-state index contributed by atoms with van der Waals surface area (Å²) in [6.07, 6.45) is 6.07. The van der Waals surface area contributed by atoms with E-state index in [2.05, 4.69) is 6.92 Å². The van der Waals surface area contributed by atoms with Gasteiger partial charge in [-0.1, -0.05) is 40.0 Å². The van der Waals surface area contributed by atoms with Crippen LogP contribution in [0, 0.1) is 5.92 Å². The number of hydrogen-bond donors (Lipinski definition) is 0. The lowest BCUT2D eigenvalue weighted by Crippen LogP contribution is -2.11. The molecule has 20 heavy (non-hydrogen) atoms. The van der Waals surface area contributed by atoms with Gasteiger partial charge in [0, 0.05) is 19.6 Å². The van der Waals surface area contributed by atoms with Gasteiger partial charge in [0.15, 0.2) is 0 Å². The van der Waals surface area contributed by atoms with Gasteiger partial charge in [0.2, 0.25) is 0 Å². The Morgan fingerprint density at radius 3 is 2.15 bits per heavy atom. The highest BCUT2D eigenvalue weighted by Gasteiger charge is 2.03. The van der Waals surface area contributed by atoms with Crippen LogP contribution in [0.15, 0.2) is 0 Å². The third kappa shape index (κ3) is 15.4. The predicted octanol–water partition coefficient (Wildman–Crippen LogP) is 3.58. The Labute approximate surface area is 124 Å². The highest BCUT2D eigenvalue weighted by Crippen LogP contribution is 1.99. The summed E-state index contributed by atoms with van der Waals surface area (Å²) >= 11 is 0. The summed E-state index contributed by atoms with van der Waals surface area (Å²) in [6, 6.07) is 0. The fourth-order valence-electron chi connectivity index (χ4n) is 1.60. The quantitative estimate of drug-likeness (QED) is 0.362. The first kappa shape index (κ1) is 19.4. The predicted molar refractivity (Wildman–Crippen MR) is 80.8 cm³/mol. The summed E-state index contributed by atoms with van der Waals surface area (Å²) in [5.41, 5.74) is 0. The van der Waals surface area contributed by atoms with E-state index in [9.17, 15) is 4.79 Å². The maximum atomic E-state index is 11.3. The molecule has 0 amide bonds. The zero-order chi connectivity index (χ0) is 15.1. The highest BCUT2D eigenvalue weighted by atomic mass is 16.5. The maximum absolute atomic E-state index is 11.3. The zero-order valence-electron chi connectivity index (χ0n) is 13.5. The molecule has 0 unspecified atom stereocenters. The molecule has 0 spiro atoms. The second-order valence-electron chi connectivity index (χ2n) is 5.47. The minimum atomic E-state index is -0.130. The minimum Gasteiger partial charge on any atom is -0.465 e. The van der Waals surface area contributed by atoms with Crippen LogP contribution in [0.5, 0.6) is 0 Å². The molecule has 0 heterocycles. The molecule has 0 N–H and O–H groups in total. The second kappa shape index (κ2) is 14.8. The lowest BCUT2D eigenvalue weighted by molar-refractivity contribution is -0.145. The van der Waals surface area contributed by atoms with Crippen LogP contribution in [0.2, 0.25) is 0 Å². The van der Waals surface area contributed by atoms with Crippen LogP contribution >= 0.6 is 0 Å². The first-order valence-electron chi connectivity index (χ1n) is 7.98. The van der Waals surface area contributed by atoms with Gasteiger partial charge >= 0.3 is 5.97 Å². The van der Waals surface area contributed by atoms with Gasteiger partial charge in [-0.2, -0.15) is 0 Å². The van der Waals surface area contributed by atoms with Crippen molar-refractivity contribution >= 4 is 5.97 Å². The Kier molecular flexibility index (Phi) is 14.3. The Hall–Kier alpha value is -0.610. The van der Waals surface area contributed by atoms with Crippen molar-refractivity contribution in [1.82, 2.24) is 0 Å². The van der Waals surface area contributed by atoms with Crippen LogP contribution in [0.1, 0.15) is 59.3 Å². The summed E-state index contributed by atoms with van der Waals surface area (Å²) in [4.78, 5) is 11.3. The average molecular weight is 288 g/mol. The van der Waals surface area contributed by atoms with E-state index in [0.717, 1.165) is 13.0 Å². The van der Waals surface area contributed by atoms with Gasteiger partial charge in [-0.15, -0.1) is 0 Å². The maximum Gasteiger partial charge on any atom is 0.305 e. The SMILES string of the molecule is CCCCCCOCCOCCCC(=O)OCC(C)C. The van der Waals surface area contributed by atoms with Crippen molar-refractivity contribution in [2.75, 3.05) is 33.0 Å². The van der Waals surface area contributed by atoms with E-state index in [0.29, 0.717) is 45.2 Å². The molecule has 0 aliphatic heterocycles. The summed E-state index contributed by atoms with van der Waals surface area (Å²) < 4.78 is 15.9. The van der Waals surface area contributed by atoms with Crippen LogP contribution in [-0.2, 0) is 19.0 Å². The molecule has 4 nitrogen and oxygen atoms in total. The molecule has 0 aromatic heterocycles. The topological polar surface area (TPSA) is 44.8 Å². The molecule has 0 bridgehead atoms. The Morgan fingerprint density at radius 2 is 1.55 bits per heavy atom. The summed E-state index contributed by atoms with van der Waals surface area (Å²) in [6.45, 7) is 9.43. The van der Waals surface area contributed by atoms with Gasteiger partial charge < -0.3 is 14.2 Å². The molecule has 0 atom stereocenters. The van der Waals surface area contributed by atoms with Crippen molar-refractivity contribution in [3.63, 3.8) is 0 Å². The van der Waals surface area contributed by atoms with Crippen molar-refractivity contribution in [3.8, 4) is 0 Å².